The monoisotopic (exact) mass is 1060 g/mol. The Labute approximate surface area is 463 Å². The Kier molecular flexibility index (Phi) is 15.1. The first kappa shape index (κ1) is 53.4. The van der Waals surface area contributed by atoms with Crippen molar-refractivity contribution in [1.29, 1.82) is 0 Å². The van der Waals surface area contributed by atoms with E-state index in [1.807, 2.05) is 140 Å². The number of nitrogens with one attached hydrogen (secondary N) is 1. The number of aryl methyl sites for hydroxylation is 1. The fraction of sp³-hybridized carbons (Fsp3) is 0.310. The molecule has 404 valence electrons. The van der Waals surface area contributed by atoms with Crippen molar-refractivity contribution in [3.05, 3.63) is 208 Å². The van der Waals surface area contributed by atoms with Crippen LogP contribution in [0.5, 0.6) is 17.2 Å². The second-order valence-electron chi connectivity index (χ2n) is 22.4. The van der Waals surface area contributed by atoms with Crippen molar-refractivity contribution in [3.8, 4) is 50.6 Å². The summed E-state index contributed by atoms with van der Waals surface area (Å²) in [6.07, 6.45) is 11.0. The molecule has 2 unspecified atom stereocenters. The lowest BCUT2D eigenvalue weighted by Crippen LogP contribution is -2.35. The van der Waals surface area contributed by atoms with Crippen LogP contribution in [0.4, 0.5) is 18.9 Å². The van der Waals surface area contributed by atoms with Crippen LogP contribution in [0.3, 0.4) is 0 Å². The number of fused-ring (bicyclic) bond motifs is 8. The van der Waals surface area contributed by atoms with Gasteiger partial charge in [0.2, 0.25) is 0 Å². The molecule has 0 aromatic heterocycles. The first-order chi connectivity index (χ1) is 38.3. The van der Waals surface area contributed by atoms with E-state index in [9.17, 15) is 4.79 Å². The SMILES string of the molecule is CCCCCC1CCC(c2ccc(-c3ccc(C(=O)Nc4ccc(-c5ccc6c7c(c8c(c6c5)-c5ccccc5C8(C)CC(F)(F)F)C=CC(c5ccc(OC)cc5)(c5ccc(OCCCC)cc5)O7)c(C)c4)cc3)cc2)CC1. The largest absolute Gasteiger partial charge is 0.497 e. The zero-order chi connectivity index (χ0) is 54.9. The Hall–Kier alpha value is -7.58. The predicted molar refractivity (Wildman–Crippen MR) is 316 cm³/mol. The summed E-state index contributed by atoms with van der Waals surface area (Å²) in [6, 6.07) is 52.0. The Balaban J connectivity index is 0.907. The molecule has 1 N–H and O–H groups in total. The smallest absolute Gasteiger partial charge is 0.390 e. The van der Waals surface area contributed by atoms with Crippen LogP contribution in [0.15, 0.2) is 164 Å². The highest BCUT2D eigenvalue weighted by Crippen LogP contribution is 2.61. The van der Waals surface area contributed by atoms with Crippen molar-refractivity contribution in [1.82, 2.24) is 0 Å². The van der Waals surface area contributed by atoms with E-state index in [2.05, 4.69) is 55.6 Å². The summed E-state index contributed by atoms with van der Waals surface area (Å²) in [5.74, 6) is 3.25. The normalized spacial score (nSPS) is 19.3. The van der Waals surface area contributed by atoms with Gasteiger partial charge in [-0.05, 0) is 179 Å². The van der Waals surface area contributed by atoms with Gasteiger partial charge in [-0.15, -0.1) is 0 Å². The molecular weight excluding hydrogens is 988 g/mol. The fourth-order valence-electron chi connectivity index (χ4n) is 13.0. The van der Waals surface area contributed by atoms with Crippen LogP contribution < -0.4 is 19.5 Å². The Morgan fingerprint density at radius 1 is 0.696 bits per heavy atom. The van der Waals surface area contributed by atoms with Crippen molar-refractivity contribution in [3.63, 3.8) is 0 Å². The molecule has 1 fully saturated rings. The number of anilines is 1. The van der Waals surface area contributed by atoms with Crippen LogP contribution in [-0.2, 0) is 11.0 Å². The molecule has 11 rings (SSSR count). The van der Waals surface area contributed by atoms with Crippen molar-refractivity contribution < 1.29 is 32.2 Å². The summed E-state index contributed by atoms with van der Waals surface area (Å²) in [6.45, 7) is 8.74. The molecule has 0 spiro atoms. The molecule has 8 aromatic rings. The number of carbonyl (C=O) groups excluding carboxylic acids is 1. The maximum atomic E-state index is 15.1. The van der Waals surface area contributed by atoms with E-state index in [4.69, 9.17) is 14.2 Å². The number of benzene rings is 8. The second-order valence-corrected chi connectivity index (χ2v) is 22.4. The molecule has 0 bridgehead atoms. The standard InChI is InChI=1S/C71H70F3NO4/c1-6-8-10-13-47-16-18-48(19-17-47)49-20-22-50(23-21-49)51-24-26-52(27-25-51)68(76)75-56-33-39-59(46(3)43-56)53-28-38-60-63(44-53)65-61-14-11-12-15-64(61)69(4,45-71(72,73)74)66(65)62-40-41-70(79-67(60)62,54-29-34-57(77-5)35-30-54)55-31-36-58(37-32-55)78-42-9-7-2/h11-12,14-15,20-41,43-44,47-48H,6-10,13,16-19,42,45H2,1-5H3,(H,75,76). The summed E-state index contributed by atoms with van der Waals surface area (Å²) in [5.41, 5.74) is 10.0. The van der Waals surface area contributed by atoms with Gasteiger partial charge in [-0.3, -0.25) is 4.79 Å². The summed E-state index contributed by atoms with van der Waals surface area (Å²) in [4.78, 5) is 13.8. The molecule has 0 saturated heterocycles. The molecule has 8 heteroatoms. The predicted octanol–water partition coefficient (Wildman–Crippen LogP) is 19.4. The van der Waals surface area contributed by atoms with Crippen molar-refractivity contribution >= 4 is 28.4 Å². The fourth-order valence-corrected chi connectivity index (χ4v) is 13.0. The minimum atomic E-state index is -4.48. The molecule has 8 aromatic carbocycles. The van der Waals surface area contributed by atoms with E-state index < -0.39 is 23.6 Å². The molecule has 0 radical (unpaired) electrons. The lowest BCUT2D eigenvalue weighted by atomic mass is 9.73. The van der Waals surface area contributed by atoms with Gasteiger partial charge in [0.25, 0.3) is 5.91 Å². The van der Waals surface area contributed by atoms with Crippen LogP contribution in [0.2, 0.25) is 0 Å². The summed E-state index contributed by atoms with van der Waals surface area (Å²) < 4.78 is 64.3. The number of halogens is 3. The molecule has 3 aliphatic rings. The minimum absolute atomic E-state index is 0.207. The molecule has 1 heterocycles. The van der Waals surface area contributed by atoms with E-state index in [0.717, 1.165) is 85.4 Å². The van der Waals surface area contributed by atoms with Crippen molar-refractivity contribution in [2.45, 2.75) is 121 Å². The number of carbonyl (C=O) groups is 1. The van der Waals surface area contributed by atoms with Crippen LogP contribution in [-0.4, -0.2) is 25.8 Å². The van der Waals surface area contributed by atoms with Crippen LogP contribution in [0.1, 0.15) is 147 Å². The van der Waals surface area contributed by atoms with Gasteiger partial charge in [-0.25, -0.2) is 0 Å². The van der Waals surface area contributed by atoms with Crippen LogP contribution in [0.25, 0.3) is 50.2 Å². The topological polar surface area (TPSA) is 56.8 Å². The lowest BCUT2D eigenvalue weighted by molar-refractivity contribution is -0.143. The summed E-state index contributed by atoms with van der Waals surface area (Å²) in [5, 5.41) is 4.69. The second kappa shape index (κ2) is 22.3. The number of hydrogen-bond donors (Lipinski definition) is 1. The zero-order valence-corrected chi connectivity index (χ0v) is 46.1. The van der Waals surface area contributed by atoms with E-state index in [1.54, 1.807) is 14.0 Å². The third-order valence-electron chi connectivity index (χ3n) is 17.2. The molecule has 1 aliphatic heterocycles. The number of amides is 1. The minimum Gasteiger partial charge on any atom is -0.497 e. The van der Waals surface area contributed by atoms with Gasteiger partial charge in [0.05, 0.1) is 20.1 Å². The maximum absolute atomic E-state index is 15.1. The number of rotatable bonds is 17. The Morgan fingerprint density at radius 2 is 1.35 bits per heavy atom. The Morgan fingerprint density at radius 3 is 2.01 bits per heavy atom. The van der Waals surface area contributed by atoms with Gasteiger partial charge < -0.3 is 19.5 Å². The molecule has 1 amide bonds. The number of methoxy groups -OCH3 is 1. The van der Waals surface area contributed by atoms with Gasteiger partial charge in [0.1, 0.15) is 17.2 Å². The van der Waals surface area contributed by atoms with Crippen molar-refractivity contribution in [2.75, 3.05) is 19.0 Å². The van der Waals surface area contributed by atoms with E-state index in [1.165, 1.54) is 56.9 Å². The van der Waals surface area contributed by atoms with Gasteiger partial charge in [0, 0.05) is 38.7 Å². The first-order valence-corrected chi connectivity index (χ1v) is 28.5. The zero-order valence-electron chi connectivity index (χ0n) is 46.1. The Bertz CT molecular complexity index is 3520. The summed E-state index contributed by atoms with van der Waals surface area (Å²) >= 11 is 0. The average Bonchev–Trinajstić information content (AvgIpc) is 2.99. The third kappa shape index (κ3) is 10.6. The highest BCUT2D eigenvalue weighted by atomic mass is 19.4. The first-order valence-electron chi connectivity index (χ1n) is 28.5. The number of unbranched alkanes of at least 4 members (excludes halogenated alkanes) is 3. The summed E-state index contributed by atoms with van der Waals surface area (Å²) in [7, 11) is 1.62. The quantitative estimate of drug-likeness (QED) is 0.0924. The molecule has 2 atom stereocenters. The van der Waals surface area contributed by atoms with E-state index in [-0.39, 0.29) is 5.91 Å². The van der Waals surface area contributed by atoms with Crippen LogP contribution in [0, 0.1) is 12.8 Å². The van der Waals surface area contributed by atoms with Gasteiger partial charge in [-0.2, -0.15) is 13.2 Å². The van der Waals surface area contributed by atoms with Gasteiger partial charge in [0.15, 0.2) is 5.60 Å². The molecule has 5 nitrogen and oxygen atoms in total. The molecule has 79 heavy (non-hydrogen) atoms. The molecule has 1 saturated carbocycles. The van der Waals surface area contributed by atoms with E-state index in [0.29, 0.717) is 52.0 Å². The van der Waals surface area contributed by atoms with Crippen LogP contribution >= 0.6 is 0 Å². The number of hydrogen-bond acceptors (Lipinski definition) is 4. The third-order valence-corrected chi connectivity index (χ3v) is 17.2. The highest BCUT2D eigenvalue weighted by molar-refractivity contribution is 6.10. The van der Waals surface area contributed by atoms with Gasteiger partial charge in [-0.1, -0.05) is 156 Å². The maximum Gasteiger partial charge on any atom is 0.390 e. The highest BCUT2D eigenvalue weighted by Gasteiger charge is 2.51. The lowest BCUT2D eigenvalue weighted by Gasteiger charge is -2.39. The number of ether oxygens (including phenoxy) is 3. The number of alkyl halides is 3. The van der Waals surface area contributed by atoms with Gasteiger partial charge >= 0.3 is 6.18 Å². The van der Waals surface area contributed by atoms with Crippen molar-refractivity contribution in [2.24, 2.45) is 5.92 Å². The van der Waals surface area contributed by atoms with E-state index >= 15 is 13.2 Å². The average molecular weight is 1060 g/mol. The molecular formula is C71H70F3NO4. The molecule has 2 aliphatic carbocycles.